The predicted molar refractivity (Wildman–Crippen MR) is 85.9 cm³/mol. The summed E-state index contributed by atoms with van der Waals surface area (Å²) in [7, 11) is 0. The van der Waals surface area contributed by atoms with Gasteiger partial charge < -0.3 is 5.73 Å². The number of nitrogens with two attached hydrogens (primary N) is 1. The molecule has 7 heteroatoms. The zero-order valence-electron chi connectivity index (χ0n) is 12.9. The number of primary amides is 1. The van der Waals surface area contributed by atoms with Gasteiger partial charge in [0.05, 0.1) is 10.7 Å². The first-order valence-electron chi connectivity index (χ1n) is 7.53. The standard InChI is InChI=1S/C15H21N5OS/c1-9-14(22-10(2)17-9)8-20-5-3-4-11(7-20)12-6-13(15(16)21)19-18-12/h6,11H,3-5,7-8H2,1-2H3,(H2,16,21)(H,18,19)/t11-/m1/s1. The maximum absolute atomic E-state index is 11.2. The Hall–Kier alpha value is -1.73. The number of carbonyl (C=O) groups excluding carboxylic acids is 1. The summed E-state index contributed by atoms with van der Waals surface area (Å²) in [4.78, 5) is 19.5. The molecular weight excluding hydrogens is 298 g/mol. The van der Waals surface area contributed by atoms with E-state index in [1.165, 1.54) is 4.88 Å². The lowest BCUT2D eigenvalue weighted by Crippen LogP contribution is -2.34. The zero-order valence-corrected chi connectivity index (χ0v) is 13.7. The van der Waals surface area contributed by atoms with Gasteiger partial charge in [0.25, 0.3) is 5.91 Å². The van der Waals surface area contributed by atoms with Gasteiger partial charge in [0.15, 0.2) is 0 Å². The molecule has 1 saturated heterocycles. The van der Waals surface area contributed by atoms with Gasteiger partial charge in [0, 0.05) is 29.6 Å². The molecule has 0 saturated carbocycles. The molecule has 2 aromatic rings. The minimum Gasteiger partial charge on any atom is -0.364 e. The number of aromatic amines is 1. The van der Waals surface area contributed by atoms with Gasteiger partial charge in [-0.1, -0.05) is 0 Å². The maximum atomic E-state index is 11.2. The van der Waals surface area contributed by atoms with E-state index in [-0.39, 0.29) is 0 Å². The average molecular weight is 319 g/mol. The van der Waals surface area contributed by atoms with Gasteiger partial charge in [-0.15, -0.1) is 11.3 Å². The third-order valence-corrected chi connectivity index (χ3v) is 5.22. The van der Waals surface area contributed by atoms with E-state index in [0.29, 0.717) is 11.6 Å². The minimum atomic E-state index is -0.481. The largest absolute Gasteiger partial charge is 0.364 e. The molecule has 1 aliphatic heterocycles. The van der Waals surface area contributed by atoms with Crippen molar-refractivity contribution >= 4 is 17.2 Å². The molecule has 3 heterocycles. The molecule has 0 bridgehead atoms. The van der Waals surface area contributed by atoms with Crippen molar-refractivity contribution < 1.29 is 4.79 Å². The van der Waals surface area contributed by atoms with E-state index in [9.17, 15) is 4.79 Å². The van der Waals surface area contributed by atoms with E-state index in [1.54, 1.807) is 17.4 Å². The first-order chi connectivity index (χ1) is 10.5. The first kappa shape index (κ1) is 15.2. The van der Waals surface area contributed by atoms with Crippen LogP contribution in [-0.4, -0.2) is 39.1 Å². The van der Waals surface area contributed by atoms with Gasteiger partial charge in [0.1, 0.15) is 5.69 Å². The lowest BCUT2D eigenvalue weighted by molar-refractivity contribution is 0.0995. The first-order valence-corrected chi connectivity index (χ1v) is 8.35. The van der Waals surface area contributed by atoms with Gasteiger partial charge in [-0.3, -0.25) is 14.8 Å². The molecule has 118 valence electrons. The monoisotopic (exact) mass is 319 g/mol. The molecule has 3 rings (SSSR count). The Morgan fingerprint density at radius 1 is 1.55 bits per heavy atom. The number of rotatable bonds is 4. The van der Waals surface area contributed by atoms with Crippen LogP contribution in [0.4, 0.5) is 0 Å². The van der Waals surface area contributed by atoms with Crippen molar-refractivity contribution in [2.24, 2.45) is 5.73 Å². The Labute approximate surface area is 133 Å². The number of aryl methyl sites for hydroxylation is 2. The van der Waals surface area contributed by atoms with Crippen LogP contribution in [0, 0.1) is 13.8 Å². The van der Waals surface area contributed by atoms with Crippen LogP contribution in [0.2, 0.25) is 0 Å². The van der Waals surface area contributed by atoms with E-state index in [2.05, 4.69) is 33.9 Å². The molecule has 1 fully saturated rings. The van der Waals surface area contributed by atoms with Crippen LogP contribution in [0.3, 0.4) is 0 Å². The number of hydrogen-bond acceptors (Lipinski definition) is 5. The van der Waals surface area contributed by atoms with Crippen LogP contribution >= 0.6 is 11.3 Å². The second-order valence-electron chi connectivity index (χ2n) is 5.89. The molecule has 22 heavy (non-hydrogen) atoms. The molecule has 3 N–H and O–H groups in total. The van der Waals surface area contributed by atoms with Crippen molar-refractivity contribution in [1.29, 1.82) is 0 Å². The number of carbonyl (C=O) groups is 1. The Morgan fingerprint density at radius 2 is 2.36 bits per heavy atom. The minimum absolute atomic E-state index is 0.320. The highest BCUT2D eigenvalue weighted by Crippen LogP contribution is 2.28. The summed E-state index contributed by atoms with van der Waals surface area (Å²) >= 11 is 1.78. The highest BCUT2D eigenvalue weighted by atomic mass is 32.1. The number of nitrogens with zero attached hydrogens (tertiary/aromatic N) is 3. The van der Waals surface area contributed by atoms with E-state index in [1.807, 2.05) is 0 Å². The molecule has 1 aliphatic rings. The second-order valence-corrected chi connectivity index (χ2v) is 7.18. The SMILES string of the molecule is Cc1nc(C)c(CN2CCC[C@@H](c3cc(C(N)=O)n[nH]3)C2)s1. The molecule has 0 unspecified atom stereocenters. The second kappa shape index (κ2) is 6.18. The maximum Gasteiger partial charge on any atom is 0.269 e. The summed E-state index contributed by atoms with van der Waals surface area (Å²) in [6.45, 7) is 7.15. The van der Waals surface area contributed by atoms with Gasteiger partial charge in [-0.05, 0) is 39.3 Å². The molecule has 0 aliphatic carbocycles. The van der Waals surface area contributed by atoms with Crippen LogP contribution in [0.1, 0.15) is 50.5 Å². The fourth-order valence-electron chi connectivity index (χ4n) is 3.05. The number of piperidine rings is 1. The fourth-order valence-corrected chi connectivity index (χ4v) is 4.03. The lowest BCUT2D eigenvalue weighted by atomic mass is 9.94. The van der Waals surface area contributed by atoms with Crippen LogP contribution in [0.5, 0.6) is 0 Å². The highest BCUT2D eigenvalue weighted by molar-refractivity contribution is 7.11. The number of nitrogens with one attached hydrogen (secondary N) is 1. The van der Waals surface area contributed by atoms with Gasteiger partial charge in [0.2, 0.25) is 0 Å². The van der Waals surface area contributed by atoms with Crippen molar-refractivity contribution in [3.63, 3.8) is 0 Å². The lowest BCUT2D eigenvalue weighted by Gasteiger charge is -2.31. The average Bonchev–Trinajstić information content (AvgIpc) is 3.07. The number of H-pyrrole nitrogens is 1. The van der Waals surface area contributed by atoms with Crippen LogP contribution in [0.25, 0.3) is 0 Å². The van der Waals surface area contributed by atoms with E-state index >= 15 is 0 Å². The zero-order chi connectivity index (χ0) is 15.7. The normalized spacial score (nSPS) is 19.5. The third-order valence-electron chi connectivity index (χ3n) is 4.16. The van der Waals surface area contributed by atoms with Gasteiger partial charge in [-0.25, -0.2) is 4.98 Å². The Kier molecular flexibility index (Phi) is 4.26. The van der Waals surface area contributed by atoms with Crippen LogP contribution in [0.15, 0.2) is 6.07 Å². The van der Waals surface area contributed by atoms with Crippen molar-refractivity contribution in [2.75, 3.05) is 13.1 Å². The summed E-state index contributed by atoms with van der Waals surface area (Å²) in [6, 6.07) is 1.79. The quantitative estimate of drug-likeness (QED) is 0.902. The molecule has 2 aromatic heterocycles. The number of aromatic nitrogens is 3. The van der Waals surface area contributed by atoms with Crippen molar-refractivity contribution in [3.8, 4) is 0 Å². The van der Waals surface area contributed by atoms with E-state index in [0.717, 1.165) is 48.9 Å². The van der Waals surface area contributed by atoms with Gasteiger partial charge in [-0.2, -0.15) is 5.10 Å². The number of hydrogen-bond donors (Lipinski definition) is 2. The smallest absolute Gasteiger partial charge is 0.269 e. The molecule has 6 nitrogen and oxygen atoms in total. The Balaban J connectivity index is 1.68. The fraction of sp³-hybridized carbons (Fsp3) is 0.533. The molecule has 0 radical (unpaired) electrons. The molecule has 0 spiro atoms. The van der Waals surface area contributed by atoms with Crippen LogP contribution in [-0.2, 0) is 6.54 Å². The van der Waals surface area contributed by atoms with Crippen LogP contribution < -0.4 is 5.73 Å². The van der Waals surface area contributed by atoms with Crippen molar-refractivity contribution in [3.05, 3.63) is 33.0 Å². The van der Waals surface area contributed by atoms with E-state index < -0.39 is 5.91 Å². The number of amides is 1. The summed E-state index contributed by atoms with van der Waals surface area (Å²) in [5, 5.41) is 8.09. The predicted octanol–water partition coefficient (Wildman–Crippen LogP) is 1.96. The Bertz CT molecular complexity index is 677. The molecule has 1 atom stereocenters. The molecular formula is C15H21N5OS. The highest BCUT2D eigenvalue weighted by Gasteiger charge is 2.24. The molecule has 1 amide bonds. The third kappa shape index (κ3) is 3.20. The number of likely N-dealkylation sites (tertiary alicyclic amines) is 1. The Morgan fingerprint density at radius 3 is 3.00 bits per heavy atom. The summed E-state index contributed by atoms with van der Waals surface area (Å²) in [5.74, 6) is -0.102. The summed E-state index contributed by atoms with van der Waals surface area (Å²) in [5.41, 5.74) is 7.74. The van der Waals surface area contributed by atoms with Crippen molar-refractivity contribution in [1.82, 2.24) is 20.1 Å². The number of thiazole rings is 1. The van der Waals surface area contributed by atoms with E-state index in [4.69, 9.17) is 5.73 Å². The topological polar surface area (TPSA) is 87.9 Å². The van der Waals surface area contributed by atoms with Crippen molar-refractivity contribution in [2.45, 2.75) is 39.2 Å². The van der Waals surface area contributed by atoms with Gasteiger partial charge >= 0.3 is 0 Å². The molecule has 0 aromatic carbocycles. The summed E-state index contributed by atoms with van der Waals surface area (Å²) in [6.07, 6.45) is 2.25. The summed E-state index contributed by atoms with van der Waals surface area (Å²) < 4.78 is 0.